The van der Waals surface area contributed by atoms with Crippen molar-refractivity contribution in [3.8, 4) is 0 Å². The Morgan fingerprint density at radius 3 is 1.31 bits per heavy atom. The lowest BCUT2D eigenvalue weighted by Gasteiger charge is -2.22. The largest absolute Gasteiger partial charge is 0.380 e. The fourth-order valence-electron chi connectivity index (χ4n) is 2.53. The smallest absolute Gasteiger partial charge is 0.252 e. The molecular formula is C20H24N2O4. The van der Waals surface area contributed by atoms with E-state index in [1.165, 1.54) is 0 Å². The summed E-state index contributed by atoms with van der Waals surface area (Å²) in [4.78, 5) is 24.3. The summed E-state index contributed by atoms with van der Waals surface area (Å²) >= 11 is 0. The van der Waals surface area contributed by atoms with Crippen molar-refractivity contribution in [2.24, 2.45) is 0 Å². The van der Waals surface area contributed by atoms with Crippen LogP contribution in [0.25, 0.3) is 0 Å². The monoisotopic (exact) mass is 356 g/mol. The lowest BCUT2D eigenvalue weighted by molar-refractivity contribution is -0.146. The molecule has 2 amide bonds. The minimum Gasteiger partial charge on any atom is -0.380 e. The van der Waals surface area contributed by atoms with E-state index in [1.54, 1.807) is 13.8 Å². The van der Waals surface area contributed by atoms with Gasteiger partial charge in [-0.05, 0) is 25.0 Å². The van der Waals surface area contributed by atoms with Crippen LogP contribution in [0.3, 0.4) is 0 Å². The van der Waals surface area contributed by atoms with Crippen LogP contribution in [0.2, 0.25) is 0 Å². The number of hydrogen-bond acceptors (Lipinski definition) is 4. The Morgan fingerprint density at radius 2 is 1.00 bits per heavy atom. The molecule has 0 fully saturated rings. The number of nitrogens with one attached hydrogen (secondary N) is 2. The van der Waals surface area contributed by atoms with Gasteiger partial charge in [-0.1, -0.05) is 60.7 Å². The molecule has 0 saturated carbocycles. The van der Waals surface area contributed by atoms with Crippen molar-refractivity contribution in [1.29, 1.82) is 0 Å². The normalized spacial score (nSPS) is 15.4. The highest BCUT2D eigenvalue weighted by atomic mass is 16.3. The molecule has 0 radical (unpaired) electrons. The Balaban J connectivity index is 1.91. The molecule has 2 aromatic carbocycles. The maximum Gasteiger partial charge on any atom is 0.252 e. The van der Waals surface area contributed by atoms with Crippen molar-refractivity contribution in [3.63, 3.8) is 0 Å². The Hall–Kier alpha value is -2.70. The first-order valence-electron chi connectivity index (χ1n) is 8.47. The highest BCUT2D eigenvalue weighted by Gasteiger charge is 2.31. The number of carbonyl (C=O) groups is 2. The Morgan fingerprint density at radius 1 is 0.692 bits per heavy atom. The van der Waals surface area contributed by atoms with Gasteiger partial charge in [0.2, 0.25) is 0 Å². The summed E-state index contributed by atoms with van der Waals surface area (Å²) in [7, 11) is 0. The highest BCUT2D eigenvalue weighted by Crippen LogP contribution is 2.13. The van der Waals surface area contributed by atoms with Crippen LogP contribution in [0.15, 0.2) is 60.7 Å². The minimum absolute atomic E-state index is 0.364. The number of benzene rings is 2. The molecule has 4 N–H and O–H groups in total. The van der Waals surface area contributed by atoms with E-state index < -0.39 is 24.0 Å². The van der Waals surface area contributed by atoms with Crippen molar-refractivity contribution in [1.82, 2.24) is 10.6 Å². The molecule has 0 aliphatic carbocycles. The van der Waals surface area contributed by atoms with Gasteiger partial charge in [-0.15, -0.1) is 0 Å². The average Bonchev–Trinajstić information content (AvgIpc) is 2.67. The van der Waals surface area contributed by atoms with Crippen LogP contribution in [0.4, 0.5) is 0 Å². The first-order chi connectivity index (χ1) is 12.4. The van der Waals surface area contributed by atoms with Gasteiger partial charge in [0.1, 0.15) is 0 Å². The van der Waals surface area contributed by atoms with E-state index in [-0.39, 0.29) is 12.1 Å². The maximum absolute atomic E-state index is 12.1. The van der Waals surface area contributed by atoms with Crippen LogP contribution in [-0.4, -0.2) is 34.2 Å². The molecular weight excluding hydrogens is 332 g/mol. The lowest BCUT2D eigenvalue weighted by Crippen LogP contribution is -2.50. The standard InChI is InChI=1S/C20H24N2O4/c1-13(15-9-5-3-6-10-15)21-19(25)17(23)18(24)20(26)22-14(2)16-11-7-4-8-12-16/h3-14,17-18,23-24H,1-2H3,(H,21,25)(H,22,26)/t13-,14-,17-,18-/m0/s1. The zero-order chi connectivity index (χ0) is 19.1. The molecule has 2 rings (SSSR count). The van der Waals surface area contributed by atoms with Crippen LogP contribution in [0.5, 0.6) is 0 Å². The Bertz CT molecular complexity index is 658. The molecule has 0 bridgehead atoms. The molecule has 0 aliphatic heterocycles. The zero-order valence-corrected chi connectivity index (χ0v) is 14.8. The van der Waals surface area contributed by atoms with Crippen molar-refractivity contribution in [2.45, 2.75) is 38.1 Å². The molecule has 2 aromatic rings. The maximum atomic E-state index is 12.1. The van der Waals surface area contributed by atoms with Crippen molar-refractivity contribution < 1.29 is 19.8 Å². The minimum atomic E-state index is -1.86. The molecule has 0 aliphatic rings. The number of aliphatic hydroxyl groups excluding tert-OH is 2. The quantitative estimate of drug-likeness (QED) is 0.604. The Kier molecular flexibility index (Phi) is 6.89. The molecule has 6 heteroatoms. The summed E-state index contributed by atoms with van der Waals surface area (Å²) in [5, 5.41) is 25.2. The van der Waals surface area contributed by atoms with Gasteiger partial charge in [0.05, 0.1) is 12.1 Å². The number of rotatable bonds is 7. The summed E-state index contributed by atoms with van der Waals surface area (Å²) in [6.07, 6.45) is -3.71. The molecule has 138 valence electrons. The van der Waals surface area contributed by atoms with Crippen LogP contribution in [0, 0.1) is 0 Å². The van der Waals surface area contributed by atoms with Gasteiger partial charge in [-0.25, -0.2) is 0 Å². The first kappa shape index (κ1) is 19.6. The van der Waals surface area contributed by atoms with Gasteiger partial charge >= 0.3 is 0 Å². The van der Waals surface area contributed by atoms with Gasteiger partial charge in [-0.3, -0.25) is 9.59 Å². The van der Waals surface area contributed by atoms with E-state index in [4.69, 9.17) is 0 Å². The first-order valence-corrected chi connectivity index (χ1v) is 8.47. The van der Waals surface area contributed by atoms with Gasteiger partial charge in [0, 0.05) is 0 Å². The van der Waals surface area contributed by atoms with E-state index in [0.29, 0.717) is 0 Å². The molecule has 26 heavy (non-hydrogen) atoms. The van der Waals surface area contributed by atoms with Crippen molar-refractivity contribution >= 4 is 11.8 Å². The van der Waals surface area contributed by atoms with E-state index in [9.17, 15) is 19.8 Å². The van der Waals surface area contributed by atoms with Crippen LogP contribution >= 0.6 is 0 Å². The lowest BCUT2D eigenvalue weighted by atomic mass is 10.1. The number of amides is 2. The SMILES string of the molecule is C[C@H](NC(=O)[C@@H](O)[C@H](O)C(=O)N[C@@H](C)c1ccccc1)c1ccccc1. The predicted molar refractivity (Wildman–Crippen MR) is 98.0 cm³/mol. The molecule has 0 heterocycles. The highest BCUT2D eigenvalue weighted by molar-refractivity contribution is 5.91. The molecule has 4 atom stereocenters. The average molecular weight is 356 g/mol. The van der Waals surface area contributed by atoms with Crippen LogP contribution in [-0.2, 0) is 9.59 Å². The third kappa shape index (κ3) is 5.15. The van der Waals surface area contributed by atoms with Crippen molar-refractivity contribution in [2.75, 3.05) is 0 Å². The summed E-state index contributed by atoms with van der Waals surface area (Å²) < 4.78 is 0. The number of aliphatic hydroxyl groups is 2. The predicted octanol–water partition coefficient (Wildman–Crippen LogP) is 1.46. The summed E-state index contributed by atoms with van der Waals surface area (Å²) in [5.41, 5.74) is 1.70. The molecule has 6 nitrogen and oxygen atoms in total. The van der Waals surface area contributed by atoms with Crippen LogP contribution in [0.1, 0.15) is 37.1 Å². The fourth-order valence-corrected chi connectivity index (χ4v) is 2.53. The van der Waals surface area contributed by atoms with E-state index in [0.717, 1.165) is 11.1 Å². The Labute approximate surface area is 152 Å². The van der Waals surface area contributed by atoms with Gasteiger partial charge in [0.15, 0.2) is 12.2 Å². The second-order valence-corrected chi connectivity index (χ2v) is 6.17. The van der Waals surface area contributed by atoms with Crippen LogP contribution < -0.4 is 10.6 Å². The van der Waals surface area contributed by atoms with Gasteiger partial charge < -0.3 is 20.8 Å². The summed E-state index contributed by atoms with van der Waals surface area (Å²) in [6.45, 7) is 3.51. The third-order valence-corrected chi connectivity index (χ3v) is 4.15. The fraction of sp³-hybridized carbons (Fsp3) is 0.300. The summed E-state index contributed by atoms with van der Waals surface area (Å²) in [5.74, 6) is -1.62. The topological polar surface area (TPSA) is 98.7 Å². The molecule has 0 saturated heterocycles. The third-order valence-electron chi connectivity index (χ3n) is 4.15. The van der Waals surface area contributed by atoms with Crippen molar-refractivity contribution in [3.05, 3.63) is 71.8 Å². The molecule has 0 spiro atoms. The van der Waals surface area contributed by atoms with E-state index >= 15 is 0 Å². The number of carbonyl (C=O) groups excluding carboxylic acids is 2. The number of hydrogen-bond donors (Lipinski definition) is 4. The van der Waals surface area contributed by atoms with E-state index in [1.807, 2.05) is 60.7 Å². The zero-order valence-electron chi connectivity index (χ0n) is 14.8. The van der Waals surface area contributed by atoms with E-state index in [2.05, 4.69) is 10.6 Å². The second kappa shape index (κ2) is 9.12. The second-order valence-electron chi connectivity index (χ2n) is 6.17. The van der Waals surface area contributed by atoms with Gasteiger partial charge in [0.25, 0.3) is 11.8 Å². The summed E-state index contributed by atoms with van der Waals surface area (Å²) in [6, 6.07) is 17.7. The molecule has 0 aromatic heterocycles. The molecule has 0 unspecified atom stereocenters. The van der Waals surface area contributed by atoms with Gasteiger partial charge in [-0.2, -0.15) is 0 Å².